The second-order valence-electron chi connectivity index (χ2n) is 4.14. The number of aromatic nitrogens is 2. The van der Waals surface area contributed by atoms with Crippen LogP contribution in [-0.2, 0) is 6.42 Å². The number of hydrogen-bond donors (Lipinski definition) is 0. The zero-order valence-electron chi connectivity index (χ0n) is 9.23. The van der Waals surface area contributed by atoms with E-state index in [1.54, 1.807) is 6.33 Å². The number of hydrogen-bond acceptors (Lipinski definition) is 2. The molecule has 1 aromatic carbocycles. The molecule has 0 aliphatic heterocycles. The lowest BCUT2D eigenvalue weighted by molar-refractivity contribution is 1.08. The number of nitrogens with zero attached hydrogens (tertiary/aromatic N) is 2. The van der Waals surface area contributed by atoms with Gasteiger partial charge in [-0.1, -0.05) is 17.7 Å². The van der Waals surface area contributed by atoms with Gasteiger partial charge >= 0.3 is 0 Å². The van der Waals surface area contributed by atoms with Crippen LogP contribution >= 0.6 is 11.6 Å². The van der Waals surface area contributed by atoms with Crippen LogP contribution in [0.15, 0.2) is 36.9 Å². The second-order valence-corrected chi connectivity index (χ2v) is 4.58. The van der Waals surface area contributed by atoms with Crippen molar-refractivity contribution in [3.63, 3.8) is 0 Å². The summed E-state index contributed by atoms with van der Waals surface area (Å²) in [6.45, 7) is 0. The minimum absolute atomic E-state index is 0.813. The van der Waals surface area contributed by atoms with Gasteiger partial charge < -0.3 is 0 Å². The van der Waals surface area contributed by atoms with Crippen LogP contribution in [0.1, 0.15) is 23.1 Å². The Bertz CT molecular complexity index is 576. The summed E-state index contributed by atoms with van der Waals surface area (Å²) in [5, 5.41) is 0.813. The maximum Gasteiger partial charge on any atom is 0.115 e. The van der Waals surface area contributed by atoms with Crippen molar-refractivity contribution in [1.29, 1.82) is 0 Å². The Morgan fingerprint density at radius 1 is 1.12 bits per heavy atom. The smallest absolute Gasteiger partial charge is 0.115 e. The molecular formula is C14H11ClN2. The fourth-order valence-electron chi connectivity index (χ4n) is 2.22. The van der Waals surface area contributed by atoms with Crippen LogP contribution < -0.4 is 0 Å². The van der Waals surface area contributed by atoms with Crippen molar-refractivity contribution in [3.05, 3.63) is 58.6 Å². The fourth-order valence-corrected chi connectivity index (χ4v) is 2.42. The molecule has 1 heterocycles. The quantitative estimate of drug-likeness (QED) is 0.763. The minimum atomic E-state index is 0.813. The monoisotopic (exact) mass is 242 g/mol. The molecule has 2 aromatic rings. The zero-order valence-corrected chi connectivity index (χ0v) is 9.98. The van der Waals surface area contributed by atoms with Gasteiger partial charge in [-0.3, -0.25) is 0 Å². The van der Waals surface area contributed by atoms with E-state index in [9.17, 15) is 0 Å². The first kappa shape index (κ1) is 10.5. The SMILES string of the molecule is Clc1ccc2c(c1)CCC2=Cc1cncnc1. The van der Waals surface area contributed by atoms with Crippen LogP contribution in [0.4, 0.5) is 0 Å². The van der Waals surface area contributed by atoms with Crippen LogP contribution in [0, 0.1) is 0 Å². The van der Waals surface area contributed by atoms with E-state index in [1.165, 1.54) is 16.7 Å². The van der Waals surface area contributed by atoms with Crippen LogP contribution in [0.5, 0.6) is 0 Å². The first-order valence-corrected chi connectivity index (χ1v) is 5.95. The molecule has 1 aliphatic carbocycles. The minimum Gasteiger partial charge on any atom is -0.244 e. The average Bonchev–Trinajstić information content (AvgIpc) is 2.73. The summed E-state index contributed by atoms with van der Waals surface area (Å²) in [6.07, 6.45) is 9.48. The van der Waals surface area contributed by atoms with E-state index < -0.39 is 0 Å². The highest BCUT2D eigenvalue weighted by molar-refractivity contribution is 6.30. The van der Waals surface area contributed by atoms with Crippen molar-refractivity contribution >= 4 is 23.3 Å². The summed E-state index contributed by atoms with van der Waals surface area (Å²) in [4.78, 5) is 8.04. The Morgan fingerprint density at radius 3 is 2.76 bits per heavy atom. The van der Waals surface area contributed by atoms with Gasteiger partial charge in [0.15, 0.2) is 0 Å². The highest BCUT2D eigenvalue weighted by atomic mass is 35.5. The van der Waals surface area contributed by atoms with Crippen molar-refractivity contribution in [1.82, 2.24) is 9.97 Å². The molecule has 0 atom stereocenters. The van der Waals surface area contributed by atoms with Crippen molar-refractivity contribution in [2.75, 3.05) is 0 Å². The maximum absolute atomic E-state index is 5.99. The molecule has 17 heavy (non-hydrogen) atoms. The summed E-state index contributed by atoms with van der Waals surface area (Å²) in [5.74, 6) is 0. The van der Waals surface area contributed by atoms with Gasteiger partial charge in [-0.05, 0) is 47.8 Å². The number of halogens is 1. The van der Waals surface area contributed by atoms with E-state index >= 15 is 0 Å². The molecule has 0 radical (unpaired) electrons. The topological polar surface area (TPSA) is 25.8 Å². The third kappa shape index (κ3) is 2.08. The van der Waals surface area contributed by atoms with Crippen LogP contribution in [0.3, 0.4) is 0 Å². The molecule has 0 spiro atoms. The summed E-state index contributed by atoms with van der Waals surface area (Å²) in [5.41, 5.74) is 5.02. The van der Waals surface area contributed by atoms with E-state index in [0.29, 0.717) is 0 Å². The molecule has 84 valence electrons. The number of aryl methyl sites for hydroxylation is 1. The molecular weight excluding hydrogens is 232 g/mol. The lowest BCUT2D eigenvalue weighted by Crippen LogP contribution is -1.82. The van der Waals surface area contributed by atoms with Gasteiger partial charge in [0.1, 0.15) is 6.33 Å². The van der Waals surface area contributed by atoms with E-state index in [1.807, 2.05) is 18.5 Å². The lowest BCUT2D eigenvalue weighted by Gasteiger charge is -2.01. The first-order valence-electron chi connectivity index (χ1n) is 5.57. The predicted molar refractivity (Wildman–Crippen MR) is 69.7 cm³/mol. The molecule has 0 N–H and O–H groups in total. The molecule has 0 saturated heterocycles. The van der Waals surface area contributed by atoms with E-state index in [-0.39, 0.29) is 0 Å². The van der Waals surface area contributed by atoms with Gasteiger partial charge in [0.05, 0.1) is 0 Å². The highest BCUT2D eigenvalue weighted by Gasteiger charge is 2.15. The molecule has 0 fully saturated rings. The van der Waals surface area contributed by atoms with E-state index in [0.717, 1.165) is 23.4 Å². The molecule has 0 bridgehead atoms. The maximum atomic E-state index is 5.99. The third-order valence-corrected chi connectivity index (χ3v) is 3.23. The Balaban J connectivity index is 2.02. The molecule has 0 amide bonds. The summed E-state index contributed by atoms with van der Waals surface area (Å²) in [7, 11) is 0. The van der Waals surface area contributed by atoms with Gasteiger partial charge in [0, 0.05) is 23.0 Å². The molecule has 0 unspecified atom stereocenters. The van der Waals surface area contributed by atoms with Gasteiger partial charge in [0.2, 0.25) is 0 Å². The molecule has 0 saturated carbocycles. The number of rotatable bonds is 1. The summed E-state index contributed by atoms with van der Waals surface area (Å²) >= 11 is 5.99. The Labute approximate surface area is 105 Å². The van der Waals surface area contributed by atoms with Crippen LogP contribution in [-0.4, -0.2) is 9.97 Å². The van der Waals surface area contributed by atoms with Crippen molar-refractivity contribution in [2.45, 2.75) is 12.8 Å². The van der Waals surface area contributed by atoms with Crippen LogP contribution in [0.25, 0.3) is 11.6 Å². The largest absolute Gasteiger partial charge is 0.244 e. The Kier molecular flexibility index (Phi) is 2.65. The summed E-state index contributed by atoms with van der Waals surface area (Å²) in [6, 6.07) is 6.10. The van der Waals surface area contributed by atoms with Gasteiger partial charge in [-0.25, -0.2) is 9.97 Å². The van der Waals surface area contributed by atoms with Crippen LogP contribution in [0.2, 0.25) is 5.02 Å². The Hall–Kier alpha value is -1.67. The van der Waals surface area contributed by atoms with Crippen molar-refractivity contribution in [3.8, 4) is 0 Å². The third-order valence-electron chi connectivity index (χ3n) is 3.00. The van der Waals surface area contributed by atoms with E-state index in [4.69, 9.17) is 11.6 Å². The standard InChI is InChI=1S/C14H11ClN2/c15-13-3-4-14-11(1-2-12(14)6-13)5-10-7-16-9-17-8-10/h3-9H,1-2H2. The molecule has 1 aromatic heterocycles. The van der Waals surface area contributed by atoms with Gasteiger partial charge in [-0.15, -0.1) is 0 Å². The van der Waals surface area contributed by atoms with Gasteiger partial charge in [-0.2, -0.15) is 0 Å². The molecule has 3 rings (SSSR count). The summed E-state index contributed by atoms with van der Waals surface area (Å²) < 4.78 is 0. The highest BCUT2D eigenvalue weighted by Crippen LogP contribution is 2.34. The average molecular weight is 243 g/mol. The lowest BCUT2D eigenvalue weighted by atomic mass is 10.1. The molecule has 1 aliphatic rings. The zero-order chi connectivity index (χ0) is 11.7. The number of benzene rings is 1. The molecule has 2 nitrogen and oxygen atoms in total. The van der Waals surface area contributed by atoms with E-state index in [2.05, 4.69) is 28.2 Å². The van der Waals surface area contributed by atoms with Crippen molar-refractivity contribution in [2.24, 2.45) is 0 Å². The first-order chi connectivity index (χ1) is 8.33. The fraction of sp³-hybridized carbons (Fsp3) is 0.143. The number of allylic oxidation sites excluding steroid dienone is 1. The number of fused-ring (bicyclic) bond motifs is 1. The second kappa shape index (κ2) is 4.30. The molecule has 3 heteroatoms. The van der Waals surface area contributed by atoms with Gasteiger partial charge in [0.25, 0.3) is 0 Å². The predicted octanol–water partition coefficient (Wildman–Crippen LogP) is 3.62. The Morgan fingerprint density at radius 2 is 1.94 bits per heavy atom. The normalized spacial score (nSPS) is 16.2. The van der Waals surface area contributed by atoms with Crippen molar-refractivity contribution < 1.29 is 0 Å².